The summed E-state index contributed by atoms with van der Waals surface area (Å²) in [6.45, 7) is 0. The monoisotopic (exact) mass is 360 g/mol. The number of nitrogens with zero attached hydrogens (tertiary/aromatic N) is 3. The first-order chi connectivity index (χ1) is 13.1. The van der Waals surface area contributed by atoms with Crippen LogP contribution in [0.3, 0.4) is 0 Å². The molecule has 27 heavy (non-hydrogen) atoms. The van der Waals surface area contributed by atoms with E-state index < -0.39 is 10.4 Å². The minimum Gasteiger partial charge on any atom is -0.342 e. The van der Waals surface area contributed by atoms with Crippen molar-refractivity contribution < 1.29 is 4.92 Å². The van der Waals surface area contributed by atoms with E-state index in [0.29, 0.717) is 11.3 Å². The van der Waals surface area contributed by atoms with Crippen molar-refractivity contribution in [2.75, 3.05) is 5.32 Å². The lowest BCUT2D eigenvalue weighted by Crippen LogP contribution is -2.15. The summed E-state index contributed by atoms with van der Waals surface area (Å²) in [4.78, 5) is 27.5. The van der Waals surface area contributed by atoms with Gasteiger partial charge in [-0.05, 0) is 31.1 Å². The maximum absolute atomic E-state index is 12.7. The molecule has 4 rings (SSSR count). The third-order valence-electron chi connectivity index (χ3n) is 4.38. The molecule has 2 aromatic heterocycles. The van der Waals surface area contributed by atoms with Gasteiger partial charge in [-0.3, -0.25) is 24.5 Å². The van der Waals surface area contributed by atoms with E-state index in [2.05, 4.69) is 22.5 Å². The van der Waals surface area contributed by atoms with Crippen LogP contribution in [-0.4, -0.2) is 14.5 Å². The third-order valence-corrected chi connectivity index (χ3v) is 4.38. The van der Waals surface area contributed by atoms with Crippen LogP contribution in [-0.2, 0) is 0 Å². The fraction of sp³-hybridized carbons (Fsp3) is 0.100. The molecule has 7 nitrogen and oxygen atoms in total. The van der Waals surface area contributed by atoms with Gasteiger partial charge in [0.2, 0.25) is 0 Å². The van der Waals surface area contributed by atoms with Crippen LogP contribution >= 0.6 is 0 Å². The second kappa shape index (κ2) is 6.87. The van der Waals surface area contributed by atoms with E-state index in [-0.39, 0.29) is 11.1 Å². The van der Waals surface area contributed by atoms with Crippen molar-refractivity contribution in [3.05, 3.63) is 93.1 Å². The minimum absolute atomic E-state index is 0.0394. The van der Waals surface area contributed by atoms with Crippen LogP contribution in [0.15, 0.2) is 77.5 Å². The van der Waals surface area contributed by atoms with E-state index in [9.17, 15) is 14.9 Å². The zero-order valence-corrected chi connectivity index (χ0v) is 14.3. The maximum atomic E-state index is 12.7. The molecule has 3 aromatic rings. The first-order valence-corrected chi connectivity index (χ1v) is 8.52. The van der Waals surface area contributed by atoms with Gasteiger partial charge in [-0.15, -0.1) is 0 Å². The third kappa shape index (κ3) is 3.10. The highest BCUT2D eigenvalue weighted by atomic mass is 16.6. The predicted octanol–water partition coefficient (Wildman–Crippen LogP) is 3.94. The van der Waals surface area contributed by atoms with Crippen molar-refractivity contribution in [2.45, 2.75) is 12.8 Å². The molecule has 0 bridgehead atoms. The highest BCUT2D eigenvalue weighted by molar-refractivity contribution is 5.90. The average Bonchev–Trinajstić information content (AvgIpc) is 2.69. The lowest BCUT2D eigenvalue weighted by molar-refractivity contribution is -0.383. The maximum Gasteiger partial charge on any atom is 0.300 e. The highest BCUT2D eigenvalue weighted by Crippen LogP contribution is 2.28. The Balaban J connectivity index is 2.03. The summed E-state index contributed by atoms with van der Waals surface area (Å²) in [5.41, 5.74) is 1.31. The Labute approximate surface area is 154 Å². The van der Waals surface area contributed by atoms with Crippen molar-refractivity contribution in [1.29, 1.82) is 0 Å². The Morgan fingerprint density at radius 1 is 1.15 bits per heavy atom. The highest BCUT2D eigenvalue weighted by Gasteiger charge is 2.20. The number of pyridine rings is 2. The second-order valence-electron chi connectivity index (χ2n) is 6.14. The van der Waals surface area contributed by atoms with Crippen molar-refractivity contribution >= 4 is 22.4 Å². The Morgan fingerprint density at radius 2 is 1.96 bits per heavy atom. The van der Waals surface area contributed by atoms with Crippen LogP contribution in [0.5, 0.6) is 0 Å². The number of rotatable bonds is 4. The Bertz CT molecular complexity index is 1150. The summed E-state index contributed by atoms with van der Waals surface area (Å²) in [5, 5.41) is 14.7. The van der Waals surface area contributed by atoms with Gasteiger partial charge in [0.25, 0.3) is 0 Å². The molecular formula is C20H16N4O3. The first-order valence-electron chi connectivity index (χ1n) is 8.52. The lowest BCUT2D eigenvalue weighted by Gasteiger charge is -2.19. The molecule has 134 valence electrons. The van der Waals surface area contributed by atoms with E-state index in [1.165, 1.54) is 12.3 Å². The topological polar surface area (TPSA) is 90.1 Å². The predicted molar refractivity (Wildman–Crippen MR) is 104 cm³/mol. The summed E-state index contributed by atoms with van der Waals surface area (Å²) in [7, 11) is 0. The normalized spacial score (nSPS) is 13.4. The van der Waals surface area contributed by atoms with E-state index in [1.54, 1.807) is 4.57 Å². The zero-order valence-electron chi connectivity index (χ0n) is 14.3. The Hall–Kier alpha value is -3.74. The number of hydrogen-bond acceptors (Lipinski definition) is 5. The van der Waals surface area contributed by atoms with Crippen LogP contribution in [0.2, 0.25) is 0 Å². The number of nitro groups is 1. The standard InChI is InChI=1S/C20H16N4O3/c25-18-11-19(22-14-7-3-1-4-8-14)23(15-9-5-2-6-10-15)16-12-21-13-17(20(16)18)24(26)27/h2-3,5-13,22H,1,4H2. The van der Waals surface area contributed by atoms with Crippen LogP contribution in [0.1, 0.15) is 12.8 Å². The SMILES string of the molecule is O=c1cc(NC2=CCCC=C2)n(-c2ccccc2)c2cncc([N+](=O)[O-])c12. The van der Waals surface area contributed by atoms with Crippen LogP contribution in [0.4, 0.5) is 11.5 Å². The molecule has 0 saturated carbocycles. The molecule has 0 spiro atoms. The zero-order chi connectivity index (χ0) is 18.8. The van der Waals surface area contributed by atoms with Crippen LogP contribution in [0.25, 0.3) is 16.6 Å². The number of nitrogens with one attached hydrogen (secondary N) is 1. The number of allylic oxidation sites excluding steroid dienone is 3. The van der Waals surface area contributed by atoms with Gasteiger partial charge in [0, 0.05) is 17.5 Å². The van der Waals surface area contributed by atoms with Gasteiger partial charge < -0.3 is 5.32 Å². The van der Waals surface area contributed by atoms with E-state index in [0.717, 1.165) is 30.4 Å². The minimum atomic E-state index is -0.578. The molecule has 0 radical (unpaired) electrons. The number of fused-ring (bicyclic) bond motifs is 1. The molecule has 7 heteroatoms. The van der Waals surface area contributed by atoms with Gasteiger partial charge in [0.05, 0.1) is 16.6 Å². The van der Waals surface area contributed by atoms with Crippen molar-refractivity contribution in [3.63, 3.8) is 0 Å². The molecule has 1 N–H and O–H groups in total. The molecule has 0 saturated heterocycles. The van der Waals surface area contributed by atoms with Crippen molar-refractivity contribution in [1.82, 2.24) is 9.55 Å². The molecule has 0 aliphatic heterocycles. The fourth-order valence-corrected chi connectivity index (χ4v) is 3.19. The number of hydrogen-bond donors (Lipinski definition) is 1. The van der Waals surface area contributed by atoms with Gasteiger partial charge in [-0.25, -0.2) is 0 Å². The van der Waals surface area contributed by atoms with E-state index in [1.807, 2.05) is 36.4 Å². The summed E-state index contributed by atoms with van der Waals surface area (Å²) in [6, 6.07) is 10.8. The van der Waals surface area contributed by atoms with Gasteiger partial charge in [-0.2, -0.15) is 0 Å². The van der Waals surface area contributed by atoms with Crippen molar-refractivity contribution in [3.8, 4) is 5.69 Å². The van der Waals surface area contributed by atoms with Crippen LogP contribution in [0, 0.1) is 10.1 Å². The molecule has 0 amide bonds. The number of aromatic nitrogens is 2. The molecule has 0 fully saturated rings. The largest absolute Gasteiger partial charge is 0.342 e. The molecule has 1 aliphatic carbocycles. The summed E-state index contributed by atoms with van der Waals surface area (Å²) in [6.07, 6.45) is 10.5. The molecule has 2 heterocycles. The van der Waals surface area contributed by atoms with Crippen LogP contribution < -0.4 is 10.7 Å². The summed E-state index contributed by atoms with van der Waals surface area (Å²) in [5.74, 6) is 0.527. The summed E-state index contributed by atoms with van der Waals surface area (Å²) >= 11 is 0. The summed E-state index contributed by atoms with van der Waals surface area (Å²) < 4.78 is 1.78. The molecular weight excluding hydrogens is 344 g/mol. The quantitative estimate of drug-likeness (QED) is 0.562. The molecule has 1 aliphatic rings. The number of para-hydroxylation sites is 1. The van der Waals surface area contributed by atoms with Gasteiger partial charge >= 0.3 is 5.69 Å². The average molecular weight is 360 g/mol. The molecule has 0 unspecified atom stereocenters. The van der Waals surface area contributed by atoms with Gasteiger partial charge in [0.15, 0.2) is 5.43 Å². The molecule has 0 atom stereocenters. The van der Waals surface area contributed by atoms with Gasteiger partial charge in [-0.1, -0.05) is 30.4 Å². The van der Waals surface area contributed by atoms with Crippen molar-refractivity contribution in [2.24, 2.45) is 0 Å². The smallest absolute Gasteiger partial charge is 0.300 e. The second-order valence-corrected chi connectivity index (χ2v) is 6.14. The Morgan fingerprint density at radius 3 is 2.67 bits per heavy atom. The number of anilines is 1. The first kappa shape index (κ1) is 16.7. The molecule has 1 aromatic carbocycles. The lowest BCUT2D eigenvalue weighted by atomic mass is 10.1. The number of benzene rings is 1. The van der Waals surface area contributed by atoms with E-state index >= 15 is 0 Å². The van der Waals surface area contributed by atoms with Gasteiger partial charge in [0.1, 0.15) is 17.4 Å². The van der Waals surface area contributed by atoms with E-state index in [4.69, 9.17) is 0 Å². The Kier molecular flexibility index (Phi) is 4.25. The fourth-order valence-electron chi connectivity index (χ4n) is 3.19.